The lowest BCUT2D eigenvalue weighted by Gasteiger charge is -2.16. The molecule has 0 radical (unpaired) electrons. The molecule has 41 heavy (non-hydrogen) atoms. The van der Waals surface area contributed by atoms with Crippen LogP contribution in [-0.2, 0) is 17.6 Å². The van der Waals surface area contributed by atoms with Crippen LogP contribution in [-0.4, -0.2) is 17.3 Å². The van der Waals surface area contributed by atoms with Crippen LogP contribution in [0.3, 0.4) is 0 Å². The van der Waals surface area contributed by atoms with Gasteiger partial charge in [0.05, 0.1) is 0 Å². The Morgan fingerprint density at radius 3 is 2.29 bits per heavy atom. The monoisotopic (exact) mass is 566 g/mol. The number of alkyl halides is 3. The van der Waals surface area contributed by atoms with E-state index in [1.165, 1.54) is 6.08 Å². The zero-order valence-electron chi connectivity index (χ0n) is 23.5. The van der Waals surface area contributed by atoms with E-state index in [2.05, 4.69) is 6.58 Å². The van der Waals surface area contributed by atoms with E-state index in [4.69, 9.17) is 19.3 Å². The normalized spacial score (nSPS) is 12.2. The van der Waals surface area contributed by atoms with Gasteiger partial charge < -0.3 is 19.3 Å². The van der Waals surface area contributed by atoms with Gasteiger partial charge in [0.1, 0.15) is 28.8 Å². The van der Waals surface area contributed by atoms with Crippen LogP contribution in [0.2, 0.25) is 0 Å². The van der Waals surface area contributed by atoms with Gasteiger partial charge in [-0.2, -0.15) is 13.2 Å². The summed E-state index contributed by atoms with van der Waals surface area (Å²) < 4.78 is 57.4. The summed E-state index contributed by atoms with van der Waals surface area (Å²) in [6.45, 7) is 10.4. The second-order valence-corrected chi connectivity index (χ2v) is 9.51. The fraction of sp³-hybridized carbons (Fsp3) is 0.242. The fourth-order valence-corrected chi connectivity index (χ4v) is 3.96. The Labute approximate surface area is 238 Å². The van der Waals surface area contributed by atoms with E-state index in [0.29, 0.717) is 35.8 Å². The lowest BCUT2D eigenvalue weighted by molar-refractivity contribution is -0.136. The molecule has 0 heterocycles. The molecule has 3 rings (SSSR count). The Bertz CT molecular complexity index is 1470. The van der Waals surface area contributed by atoms with Crippen LogP contribution < -0.4 is 14.2 Å². The highest BCUT2D eigenvalue weighted by molar-refractivity contribution is 5.67. The van der Waals surface area contributed by atoms with Crippen molar-refractivity contribution in [3.8, 4) is 23.0 Å². The number of allylic oxidation sites excluding steroid dienone is 4. The zero-order valence-corrected chi connectivity index (χ0v) is 23.5. The minimum atomic E-state index is -4.59. The number of aryl methyl sites for hydroxylation is 4. The standard InChI is InChI=1S/C33H33F3O5/c1-6-25-19-27(14-12-26(25)13-16-32(37)38)40-28-17-21(2)18-29(20-28)41-31(15-11-23(4)33(34,35)36)24(5)39-30-10-8-7-9-22(30)3/h7-12,14-15,17-20H,4,6,13,16H2,1-3,5H3,(H,37,38)/b15-11-,31-24-. The molecule has 1 N–H and O–H groups in total. The summed E-state index contributed by atoms with van der Waals surface area (Å²) in [5, 5.41) is 9.01. The molecule has 3 aromatic carbocycles. The van der Waals surface area contributed by atoms with Gasteiger partial charge in [0.25, 0.3) is 0 Å². The number of aliphatic carboxylic acids is 1. The van der Waals surface area contributed by atoms with Crippen LogP contribution in [0.4, 0.5) is 13.2 Å². The molecule has 5 nitrogen and oxygen atoms in total. The molecule has 0 bridgehead atoms. The summed E-state index contributed by atoms with van der Waals surface area (Å²) in [5.74, 6) is 1.35. The summed E-state index contributed by atoms with van der Waals surface area (Å²) in [4.78, 5) is 11.0. The minimum Gasteiger partial charge on any atom is -0.481 e. The van der Waals surface area contributed by atoms with Gasteiger partial charge in [-0.1, -0.05) is 37.8 Å². The smallest absolute Gasteiger partial charge is 0.415 e. The van der Waals surface area contributed by atoms with Crippen molar-refractivity contribution in [1.29, 1.82) is 0 Å². The minimum absolute atomic E-state index is 0.0410. The van der Waals surface area contributed by atoms with Gasteiger partial charge in [0, 0.05) is 18.1 Å². The highest BCUT2D eigenvalue weighted by atomic mass is 19.4. The average Bonchev–Trinajstić information content (AvgIpc) is 2.90. The molecule has 0 aliphatic heterocycles. The second-order valence-electron chi connectivity index (χ2n) is 9.51. The number of rotatable bonds is 12. The topological polar surface area (TPSA) is 65.0 Å². The highest BCUT2D eigenvalue weighted by Crippen LogP contribution is 2.32. The molecule has 0 fully saturated rings. The summed E-state index contributed by atoms with van der Waals surface area (Å²) in [6, 6.07) is 17.9. The summed E-state index contributed by atoms with van der Waals surface area (Å²) in [6.07, 6.45) is -1.40. The molecular weight excluding hydrogens is 533 g/mol. The van der Waals surface area contributed by atoms with Gasteiger partial charge in [-0.05, 0) is 98.4 Å². The molecule has 0 amide bonds. The lowest BCUT2D eigenvalue weighted by Crippen LogP contribution is -2.09. The Kier molecular flexibility index (Phi) is 10.4. The number of carbonyl (C=O) groups is 1. The highest BCUT2D eigenvalue weighted by Gasteiger charge is 2.30. The van der Waals surface area contributed by atoms with Gasteiger partial charge in [-0.25, -0.2) is 0 Å². The van der Waals surface area contributed by atoms with E-state index in [1.807, 2.05) is 45.0 Å². The predicted molar refractivity (Wildman–Crippen MR) is 152 cm³/mol. The number of benzene rings is 3. The van der Waals surface area contributed by atoms with Crippen LogP contribution in [0.1, 0.15) is 42.5 Å². The number of hydrogen-bond acceptors (Lipinski definition) is 4. The van der Waals surface area contributed by atoms with Crippen molar-refractivity contribution in [2.24, 2.45) is 0 Å². The van der Waals surface area contributed by atoms with Crippen molar-refractivity contribution in [2.75, 3.05) is 0 Å². The van der Waals surface area contributed by atoms with Gasteiger partial charge in [0.15, 0.2) is 5.76 Å². The number of ether oxygens (including phenoxy) is 3. The number of carboxylic acid groups (broad SMARTS) is 1. The Morgan fingerprint density at radius 2 is 1.63 bits per heavy atom. The largest absolute Gasteiger partial charge is 0.481 e. The molecule has 0 saturated heterocycles. The molecule has 216 valence electrons. The third-order valence-electron chi connectivity index (χ3n) is 6.16. The van der Waals surface area contributed by atoms with Crippen molar-refractivity contribution in [1.82, 2.24) is 0 Å². The third-order valence-corrected chi connectivity index (χ3v) is 6.16. The van der Waals surface area contributed by atoms with Crippen LogP contribution >= 0.6 is 0 Å². The first-order valence-corrected chi connectivity index (χ1v) is 13.0. The molecular formula is C33H33F3O5. The van der Waals surface area contributed by atoms with Crippen molar-refractivity contribution < 1.29 is 37.3 Å². The molecule has 0 unspecified atom stereocenters. The number of para-hydroxylation sites is 1. The maximum Gasteiger partial charge on any atom is 0.415 e. The van der Waals surface area contributed by atoms with E-state index < -0.39 is 17.7 Å². The molecule has 0 saturated carbocycles. The fourth-order valence-electron chi connectivity index (χ4n) is 3.96. The van der Waals surface area contributed by atoms with Crippen LogP contribution in [0.5, 0.6) is 23.0 Å². The molecule has 3 aromatic rings. The molecule has 8 heteroatoms. The first kappa shape index (κ1) is 31.1. The van der Waals surface area contributed by atoms with Crippen LogP contribution in [0.15, 0.2) is 96.5 Å². The van der Waals surface area contributed by atoms with Gasteiger partial charge in [-0.15, -0.1) is 0 Å². The molecule has 0 atom stereocenters. The first-order chi connectivity index (χ1) is 19.3. The van der Waals surface area contributed by atoms with E-state index in [1.54, 1.807) is 43.3 Å². The Balaban J connectivity index is 1.91. The maximum absolute atomic E-state index is 13.1. The Hall–Kier alpha value is -4.46. The quantitative estimate of drug-likeness (QED) is 0.175. The number of carboxylic acids is 1. The summed E-state index contributed by atoms with van der Waals surface area (Å²) in [5.41, 5.74) is 2.54. The Morgan fingerprint density at radius 1 is 0.927 bits per heavy atom. The van der Waals surface area contributed by atoms with Crippen molar-refractivity contribution in [3.05, 3.63) is 119 Å². The van der Waals surface area contributed by atoms with Crippen molar-refractivity contribution in [2.45, 2.75) is 53.1 Å². The number of halogens is 3. The maximum atomic E-state index is 13.1. The van der Waals surface area contributed by atoms with Crippen LogP contribution in [0.25, 0.3) is 0 Å². The summed E-state index contributed by atoms with van der Waals surface area (Å²) in [7, 11) is 0. The van der Waals surface area contributed by atoms with E-state index in [0.717, 1.165) is 28.3 Å². The van der Waals surface area contributed by atoms with E-state index in [9.17, 15) is 18.0 Å². The second kappa shape index (κ2) is 13.7. The number of hydrogen-bond donors (Lipinski definition) is 1. The van der Waals surface area contributed by atoms with Gasteiger partial charge >= 0.3 is 12.1 Å². The third kappa shape index (κ3) is 9.31. The van der Waals surface area contributed by atoms with E-state index >= 15 is 0 Å². The average molecular weight is 567 g/mol. The summed E-state index contributed by atoms with van der Waals surface area (Å²) >= 11 is 0. The van der Waals surface area contributed by atoms with Gasteiger partial charge in [0.2, 0.25) is 0 Å². The SMILES string of the molecule is C=C(/C=C\C(Oc1cc(C)cc(Oc2ccc(CCC(=O)O)c(CC)c2)c1)=C(/C)Oc1ccccc1C)C(F)(F)F. The zero-order chi connectivity index (χ0) is 30.2. The molecule has 0 aliphatic rings. The predicted octanol–water partition coefficient (Wildman–Crippen LogP) is 9.04. The van der Waals surface area contributed by atoms with E-state index in [-0.39, 0.29) is 17.9 Å². The lowest BCUT2D eigenvalue weighted by atomic mass is 10.0. The molecule has 0 aromatic heterocycles. The molecule has 0 aliphatic carbocycles. The van der Waals surface area contributed by atoms with Gasteiger partial charge in [-0.3, -0.25) is 4.79 Å². The molecule has 0 spiro atoms. The van der Waals surface area contributed by atoms with Crippen LogP contribution in [0, 0.1) is 13.8 Å². The first-order valence-electron chi connectivity index (χ1n) is 13.0. The van der Waals surface area contributed by atoms with Crippen molar-refractivity contribution >= 4 is 5.97 Å². The van der Waals surface area contributed by atoms with Crippen molar-refractivity contribution in [3.63, 3.8) is 0 Å².